The van der Waals surface area contributed by atoms with Crippen LogP contribution in [-0.4, -0.2) is 24.5 Å². The van der Waals surface area contributed by atoms with Crippen molar-refractivity contribution in [1.29, 1.82) is 0 Å². The molecule has 4 nitrogen and oxygen atoms in total. The van der Waals surface area contributed by atoms with Gasteiger partial charge in [-0.25, -0.2) is 0 Å². The van der Waals surface area contributed by atoms with Crippen LogP contribution in [0.25, 0.3) is 0 Å². The average Bonchev–Trinajstić information content (AvgIpc) is 3.29. The Morgan fingerprint density at radius 1 is 1.33 bits per heavy atom. The molecule has 21 heavy (non-hydrogen) atoms. The van der Waals surface area contributed by atoms with Gasteiger partial charge in [-0.1, -0.05) is 17.7 Å². The topological polar surface area (TPSA) is 58.4 Å². The lowest BCUT2D eigenvalue weighted by atomic mass is 10.0. The molecule has 1 aliphatic heterocycles. The first kappa shape index (κ1) is 14.7. The standard InChI is InChI=1S/C16H22ClN3O/c17-13-9-11(10-19-12-5-6-12)4-7-14(13)20-8-2-1-3-15(20)16(18)21/h4,7,9,12,15,19H,1-3,5-6,8,10H2,(H2,18,21). The zero-order valence-corrected chi connectivity index (χ0v) is 12.9. The maximum Gasteiger partial charge on any atom is 0.240 e. The number of hydrogen-bond acceptors (Lipinski definition) is 3. The van der Waals surface area contributed by atoms with Crippen molar-refractivity contribution in [3.63, 3.8) is 0 Å². The van der Waals surface area contributed by atoms with Gasteiger partial charge in [0.25, 0.3) is 0 Å². The van der Waals surface area contributed by atoms with Crippen molar-refractivity contribution in [2.45, 2.75) is 50.7 Å². The predicted molar refractivity (Wildman–Crippen MR) is 85.5 cm³/mol. The summed E-state index contributed by atoms with van der Waals surface area (Å²) in [7, 11) is 0. The summed E-state index contributed by atoms with van der Waals surface area (Å²) < 4.78 is 0. The van der Waals surface area contributed by atoms with E-state index in [0.717, 1.165) is 38.0 Å². The van der Waals surface area contributed by atoms with Crippen molar-refractivity contribution in [3.8, 4) is 0 Å². The number of benzene rings is 1. The number of primary amides is 1. The van der Waals surface area contributed by atoms with Crippen molar-refractivity contribution in [2.24, 2.45) is 5.73 Å². The number of carbonyl (C=O) groups is 1. The van der Waals surface area contributed by atoms with Crippen molar-refractivity contribution >= 4 is 23.2 Å². The number of nitrogens with zero attached hydrogens (tertiary/aromatic N) is 1. The van der Waals surface area contributed by atoms with Crippen LogP contribution in [0.3, 0.4) is 0 Å². The van der Waals surface area contributed by atoms with E-state index in [1.165, 1.54) is 18.4 Å². The van der Waals surface area contributed by atoms with Crippen LogP contribution in [-0.2, 0) is 11.3 Å². The van der Waals surface area contributed by atoms with Crippen LogP contribution in [0.15, 0.2) is 18.2 Å². The predicted octanol–water partition coefficient (Wildman–Crippen LogP) is 2.44. The van der Waals surface area contributed by atoms with Crippen LogP contribution in [0, 0.1) is 0 Å². The van der Waals surface area contributed by atoms with Crippen molar-refractivity contribution in [1.82, 2.24) is 5.32 Å². The molecule has 1 aliphatic carbocycles. The lowest BCUT2D eigenvalue weighted by Gasteiger charge is -2.36. The number of rotatable bonds is 5. The highest BCUT2D eigenvalue weighted by Gasteiger charge is 2.28. The van der Waals surface area contributed by atoms with E-state index in [-0.39, 0.29) is 11.9 Å². The minimum atomic E-state index is -0.259. The number of carbonyl (C=O) groups excluding carboxylic acids is 1. The fourth-order valence-electron chi connectivity index (χ4n) is 2.96. The monoisotopic (exact) mass is 307 g/mol. The number of nitrogens with two attached hydrogens (primary N) is 1. The van der Waals surface area contributed by atoms with Crippen molar-refractivity contribution in [2.75, 3.05) is 11.4 Å². The molecule has 3 rings (SSSR count). The Bertz CT molecular complexity index is 530. The summed E-state index contributed by atoms with van der Waals surface area (Å²) in [4.78, 5) is 13.7. The third-order valence-electron chi connectivity index (χ3n) is 4.32. The molecule has 2 aliphatic rings. The molecule has 0 spiro atoms. The van der Waals surface area contributed by atoms with Gasteiger partial charge in [0.15, 0.2) is 0 Å². The Kier molecular flexibility index (Phi) is 4.36. The Morgan fingerprint density at radius 3 is 2.81 bits per heavy atom. The maximum atomic E-state index is 11.6. The van der Waals surface area contributed by atoms with E-state index < -0.39 is 0 Å². The molecule has 1 saturated carbocycles. The molecule has 0 radical (unpaired) electrons. The highest BCUT2D eigenvalue weighted by molar-refractivity contribution is 6.33. The molecule has 0 aromatic heterocycles. The van der Waals surface area contributed by atoms with Crippen LogP contribution in [0.2, 0.25) is 5.02 Å². The number of anilines is 1. The third kappa shape index (κ3) is 3.50. The van der Waals surface area contributed by atoms with E-state index >= 15 is 0 Å². The zero-order chi connectivity index (χ0) is 14.8. The fraction of sp³-hybridized carbons (Fsp3) is 0.562. The van der Waals surface area contributed by atoms with Gasteiger partial charge in [-0.15, -0.1) is 0 Å². The molecule has 1 heterocycles. The van der Waals surface area contributed by atoms with Crippen LogP contribution in [0.5, 0.6) is 0 Å². The quantitative estimate of drug-likeness (QED) is 0.878. The zero-order valence-electron chi connectivity index (χ0n) is 12.1. The summed E-state index contributed by atoms with van der Waals surface area (Å²) in [5, 5.41) is 4.19. The van der Waals surface area contributed by atoms with E-state index in [1.54, 1.807) is 0 Å². The average molecular weight is 308 g/mol. The molecule has 1 amide bonds. The molecule has 114 valence electrons. The highest BCUT2D eigenvalue weighted by atomic mass is 35.5. The fourth-order valence-corrected chi connectivity index (χ4v) is 3.27. The summed E-state index contributed by atoms with van der Waals surface area (Å²) >= 11 is 6.44. The lowest BCUT2D eigenvalue weighted by molar-refractivity contribution is -0.119. The van der Waals surface area contributed by atoms with Crippen LogP contribution < -0.4 is 16.0 Å². The molecule has 1 unspecified atom stereocenters. The lowest BCUT2D eigenvalue weighted by Crippen LogP contribution is -2.48. The molecule has 1 atom stereocenters. The minimum Gasteiger partial charge on any atom is -0.368 e. The maximum absolute atomic E-state index is 11.6. The molecule has 5 heteroatoms. The first-order valence-electron chi connectivity index (χ1n) is 7.73. The van der Waals surface area contributed by atoms with Gasteiger partial charge in [-0.05, 0) is 49.8 Å². The second kappa shape index (κ2) is 6.24. The largest absolute Gasteiger partial charge is 0.368 e. The smallest absolute Gasteiger partial charge is 0.240 e. The van der Waals surface area contributed by atoms with E-state index in [4.69, 9.17) is 17.3 Å². The first-order chi connectivity index (χ1) is 10.1. The number of piperidine rings is 1. The van der Waals surface area contributed by atoms with Gasteiger partial charge in [0.05, 0.1) is 10.7 Å². The molecular formula is C16H22ClN3O. The Balaban J connectivity index is 1.75. The second-order valence-corrected chi connectivity index (χ2v) is 6.46. The van der Waals surface area contributed by atoms with E-state index in [9.17, 15) is 4.79 Å². The van der Waals surface area contributed by atoms with E-state index in [0.29, 0.717) is 11.1 Å². The second-order valence-electron chi connectivity index (χ2n) is 6.05. The first-order valence-corrected chi connectivity index (χ1v) is 8.11. The Labute approximate surface area is 130 Å². The normalized spacial score (nSPS) is 22.3. The van der Waals surface area contributed by atoms with Gasteiger partial charge >= 0.3 is 0 Å². The molecular weight excluding hydrogens is 286 g/mol. The van der Waals surface area contributed by atoms with Crippen LogP contribution in [0.1, 0.15) is 37.7 Å². The molecule has 1 aromatic rings. The number of nitrogens with one attached hydrogen (secondary N) is 1. The Hall–Kier alpha value is -1.26. The molecule has 3 N–H and O–H groups in total. The SMILES string of the molecule is NC(=O)C1CCCCN1c1ccc(CNC2CC2)cc1Cl. The van der Waals surface area contributed by atoms with Gasteiger partial charge in [0, 0.05) is 19.1 Å². The third-order valence-corrected chi connectivity index (χ3v) is 4.63. The van der Waals surface area contributed by atoms with Crippen LogP contribution >= 0.6 is 11.6 Å². The molecule has 1 saturated heterocycles. The summed E-state index contributed by atoms with van der Waals surface area (Å²) in [6.07, 6.45) is 5.49. The van der Waals surface area contributed by atoms with Gasteiger partial charge in [0.1, 0.15) is 6.04 Å². The summed E-state index contributed by atoms with van der Waals surface area (Å²) in [6, 6.07) is 6.56. The number of hydrogen-bond donors (Lipinski definition) is 2. The minimum absolute atomic E-state index is 0.230. The summed E-state index contributed by atoms with van der Waals surface area (Å²) in [6.45, 7) is 1.69. The molecule has 1 aromatic carbocycles. The molecule has 2 fully saturated rings. The summed E-state index contributed by atoms with van der Waals surface area (Å²) in [5.41, 5.74) is 7.64. The van der Waals surface area contributed by atoms with Gasteiger partial charge in [-0.3, -0.25) is 4.79 Å². The number of amides is 1. The van der Waals surface area contributed by atoms with Gasteiger partial charge < -0.3 is 16.0 Å². The Morgan fingerprint density at radius 2 is 2.14 bits per heavy atom. The van der Waals surface area contributed by atoms with Gasteiger partial charge in [0.2, 0.25) is 5.91 Å². The van der Waals surface area contributed by atoms with Gasteiger partial charge in [-0.2, -0.15) is 0 Å². The highest BCUT2D eigenvalue weighted by Crippen LogP contribution is 2.32. The van der Waals surface area contributed by atoms with Crippen molar-refractivity contribution < 1.29 is 4.79 Å². The van der Waals surface area contributed by atoms with E-state index in [2.05, 4.69) is 16.3 Å². The van der Waals surface area contributed by atoms with Crippen LogP contribution in [0.4, 0.5) is 5.69 Å². The van der Waals surface area contributed by atoms with Crippen molar-refractivity contribution in [3.05, 3.63) is 28.8 Å². The number of halogens is 1. The molecule has 0 bridgehead atoms. The summed E-state index contributed by atoms with van der Waals surface area (Å²) in [5.74, 6) is -0.259. The van der Waals surface area contributed by atoms with E-state index in [1.807, 2.05) is 12.1 Å².